The molecule has 0 saturated carbocycles. The van der Waals surface area contributed by atoms with Crippen LogP contribution in [0.25, 0.3) is 0 Å². The summed E-state index contributed by atoms with van der Waals surface area (Å²) >= 11 is 7.97. The van der Waals surface area contributed by atoms with Crippen LogP contribution in [-0.2, 0) is 0 Å². The molecule has 1 atom stereocenters. The Morgan fingerprint density at radius 2 is 2.06 bits per heavy atom. The molecule has 1 nitrogen and oxygen atoms in total. The van der Waals surface area contributed by atoms with Crippen molar-refractivity contribution in [2.45, 2.75) is 26.8 Å². The van der Waals surface area contributed by atoms with Gasteiger partial charge in [0.15, 0.2) is 0 Å². The van der Waals surface area contributed by atoms with Crippen LogP contribution in [0.1, 0.15) is 34.5 Å². The van der Waals surface area contributed by atoms with Crippen LogP contribution in [0.15, 0.2) is 29.6 Å². The van der Waals surface area contributed by atoms with Crippen molar-refractivity contribution < 1.29 is 0 Å². The lowest BCUT2D eigenvalue weighted by molar-refractivity contribution is 0.637. The minimum absolute atomic E-state index is 0.243. The Labute approximate surface area is 118 Å². The number of thiophene rings is 1. The monoisotopic (exact) mass is 279 g/mol. The van der Waals surface area contributed by atoms with Crippen LogP contribution in [0.5, 0.6) is 0 Å². The van der Waals surface area contributed by atoms with Crippen LogP contribution in [0.2, 0.25) is 5.02 Å². The minimum atomic E-state index is 0.243. The van der Waals surface area contributed by atoms with Crippen LogP contribution in [0.3, 0.4) is 0 Å². The van der Waals surface area contributed by atoms with Gasteiger partial charge in [-0.05, 0) is 60.7 Å². The molecule has 0 aliphatic heterocycles. The Morgan fingerprint density at radius 3 is 2.61 bits per heavy atom. The Bertz CT molecular complexity index is 513. The van der Waals surface area contributed by atoms with Crippen LogP contribution in [0.4, 0.5) is 0 Å². The molecule has 0 amide bonds. The summed E-state index contributed by atoms with van der Waals surface area (Å²) in [5, 5.41) is 6.50. The number of halogens is 1. The van der Waals surface area contributed by atoms with Crippen molar-refractivity contribution in [1.29, 1.82) is 0 Å². The molecule has 1 unspecified atom stereocenters. The fraction of sp³-hybridized carbons (Fsp3) is 0.333. The summed E-state index contributed by atoms with van der Waals surface area (Å²) in [7, 11) is 0. The summed E-state index contributed by atoms with van der Waals surface area (Å²) in [6.45, 7) is 7.31. The Balaban J connectivity index is 2.44. The Morgan fingerprint density at radius 1 is 1.28 bits per heavy atom. The number of nitrogens with one attached hydrogen (secondary N) is 1. The normalized spacial score (nSPS) is 12.7. The lowest BCUT2D eigenvalue weighted by atomic mass is 10.0. The topological polar surface area (TPSA) is 12.0 Å². The summed E-state index contributed by atoms with van der Waals surface area (Å²) in [4.78, 5) is 1.37. The van der Waals surface area contributed by atoms with Crippen LogP contribution < -0.4 is 5.32 Å². The van der Waals surface area contributed by atoms with Gasteiger partial charge in [-0.1, -0.05) is 24.6 Å². The van der Waals surface area contributed by atoms with Gasteiger partial charge in [0.05, 0.1) is 6.04 Å². The fourth-order valence-corrected chi connectivity index (χ4v) is 3.50. The molecule has 0 aliphatic rings. The third kappa shape index (κ3) is 2.94. The Hall–Kier alpha value is -0.830. The highest BCUT2D eigenvalue weighted by molar-refractivity contribution is 7.10. The van der Waals surface area contributed by atoms with Crippen molar-refractivity contribution in [1.82, 2.24) is 5.32 Å². The average Bonchev–Trinajstić information content (AvgIpc) is 2.71. The van der Waals surface area contributed by atoms with Gasteiger partial charge in [-0.2, -0.15) is 0 Å². The van der Waals surface area contributed by atoms with Gasteiger partial charge < -0.3 is 5.32 Å². The smallest absolute Gasteiger partial charge is 0.0674 e. The van der Waals surface area contributed by atoms with E-state index < -0.39 is 0 Å². The minimum Gasteiger partial charge on any atom is -0.306 e. The first-order valence-electron chi connectivity index (χ1n) is 6.16. The molecule has 18 heavy (non-hydrogen) atoms. The maximum atomic E-state index is 6.17. The van der Waals surface area contributed by atoms with Gasteiger partial charge in [0.25, 0.3) is 0 Å². The number of rotatable bonds is 4. The summed E-state index contributed by atoms with van der Waals surface area (Å²) in [5.74, 6) is 0. The molecule has 1 aromatic carbocycles. The van der Waals surface area contributed by atoms with Gasteiger partial charge in [-0.15, -0.1) is 11.3 Å². The van der Waals surface area contributed by atoms with Crippen molar-refractivity contribution in [3.05, 3.63) is 56.2 Å². The lowest BCUT2D eigenvalue weighted by Gasteiger charge is -2.19. The molecule has 96 valence electrons. The number of aryl methyl sites for hydroxylation is 2. The van der Waals surface area contributed by atoms with E-state index in [2.05, 4.69) is 49.7 Å². The number of hydrogen-bond donors (Lipinski definition) is 1. The molecule has 0 radical (unpaired) electrons. The van der Waals surface area contributed by atoms with E-state index in [1.807, 2.05) is 6.07 Å². The van der Waals surface area contributed by atoms with E-state index in [9.17, 15) is 0 Å². The molecule has 0 bridgehead atoms. The second kappa shape index (κ2) is 5.87. The number of hydrogen-bond acceptors (Lipinski definition) is 2. The van der Waals surface area contributed by atoms with E-state index in [4.69, 9.17) is 11.6 Å². The molecule has 2 rings (SSSR count). The first kappa shape index (κ1) is 13.6. The zero-order chi connectivity index (χ0) is 13.1. The quantitative estimate of drug-likeness (QED) is 0.854. The largest absolute Gasteiger partial charge is 0.306 e. The van der Waals surface area contributed by atoms with E-state index >= 15 is 0 Å². The SMILES string of the molecule is CCNC(c1cc(C)cc(Cl)c1)c1sccc1C. The van der Waals surface area contributed by atoms with Gasteiger partial charge in [0, 0.05) is 9.90 Å². The predicted octanol–water partition coefficient (Wildman–Crippen LogP) is 4.72. The Kier molecular flexibility index (Phi) is 4.44. The highest BCUT2D eigenvalue weighted by Gasteiger charge is 2.17. The van der Waals surface area contributed by atoms with E-state index in [-0.39, 0.29) is 6.04 Å². The predicted molar refractivity (Wildman–Crippen MR) is 80.8 cm³/mol. The molecular weight excluding hydrogens is 262 g/mol. The molecule has 1 heterocycles. The van der Waals surface area contributed by atoms with E-state index in [0.717, 1.165) is 11.6 Å². The maximum absolute atomic E-state index is 6.17. The van der Waals surface area contributed by atoms with Crippen molar-refractivity contribution in [2.75, 3.05) is 6.54 Å². The molecule has 0 aliphatic carbocycles. The first-order valence-corrected chi connectivity index (χ1v) is 7.42. The summed E-state index contributed by atoms with van der Waals surface area (Å²) in [6, 6.07) is 8.67. The maximum Gasteiger partial charge on any atom is 0.0674 e. The molecule has 1 N–H and O–H groups in total. The zero-order valence-corrected chi connectivity index (χ0v) is 12.5. The molecule has 1 aromatic heterocycles. The first-order chi connectivity index (χ1) is 8.61. The van der Waals surface area contributed by atoms with E-state index in [1.165, 1.54) is 21.6 Å². The molecule has 0 spiro atoms. The van der Waals surface area contributed by atoms with Crippen molar-refractivity contribution in [2.24, 2.45) is 0 Å². The third-order valence-corrected chi connectivity index (χ3v) is 4.27. The van der Waals surface area contributed by atoms with Gasteiger partial charge in [0.2, 0.25) is 0 Å². The number of benzene rings is 1. The van der Waals surface area contributed by atoms with Crippen LogP contribution in [-0.4, -0.2) is 6.54 Å². The zero-order valence-electron chi connectivity index (χ0n) is 11.0. The summed E-state index contributed by atoms with van der Waals surface area (Å²) < 4.78 is 0. The van der Waals surface area contributed by atoms with E-state index in [0.29, 0.717) is 0 Å². The van der Waals surface area contributed by atoms with Gasteiger partial charge in [-0.25, -0.2) is 0 Å². The summed E-state index contributed by atoms with van der Waals surface area (Å²) in [5.41, 5.74) is 3.78. The molecule has 2 aromatic rings. The molecule has 3 heteroatoms. The third-order valence-electron chi connectivity index (χ3n) is 2.97. The molecule has 0 fully saturated rings. The average molecular weight is 280 g/mol. The summed E-state index contributed by atoms with van der Waals surface area (Å²) in [6.07, 6.45) is 0. The van der Waals surface area contributed by atoms with Crippen molar-refractivity contribution in [3.8, 4) is 0 Å². The van der Waals surface area contributed by atoms with Gasteiger partial charge in [-0.3, -0.25) is 0 Å². The van der Waals surface area contributed by atoms with Gasteiger partial charge in [0.1, 0.15) is 0 Å². The van der Waals surface area contributed by atoms with Crippen molar-refractivity contribution >= 4 is 22.9 Å². The second-order valence-corrected chi connectivity index (χ2v) is 5.90. The van der Waals surface area contributed by atoms with Crippen LogP contribution >= 0.6 is 22.9 Å². The van der Waals surface area contributed by atoms with Gasteiger partial charge >= 0.3 is 0 Å². The highest BCUT2D eigenvalue weighted by atomic mass is 35.5. The second-order valence-electron chi connectivity index (χ2n) is 4.52. The molecular formula is C15H18ClNS. The van der Waals surface area contributed by atoms with E-state index in [1.54, 1.807) is 11.3 Å². The highest BCUT2D eigenvalue weighted by Crippen LogP contribution is 2.31. The van der Waals surface area contributed by atoms with Crippen molar-refractivity contribution in [3.63, 3.8) is 0 Å². The standard InChI is InChI=1S/C15H18ClNS/c1-4-17-14(15-11(3)5-6-18-15)12-7-10(2)8-13(16)9-12/h5-9,14,17H,4H2,1-3H3. The lowest BCUT2D eigenvalue weighted by Crippen LogP contribution is -2.21. The fourth-order valence-electron chi connectivity index (χ4n) is 2.18. The molecule has 0 saturated heterocycles. The van der Waals surface area contributed by atoms with Crippen LogP contribution in [0, 0.1) is 13.8 Å².